The molecule has 116 valence electrons. The van der Waals surface area contributed by atoms with Crippen molar-refractivity contribution >= 4 is 5.91 Å². The molecule has 1 aromatic carbocycles. The number of carbonyl (C=O) groups is 1. The molecule has 1 aromatic rings. The zero-order chi connectivity index (χ0) is 14.9. The molecule has 0 saturated carbocycles. The van der Waals surface area contributed by atoms with Crippen molar-refractivity contribution in [2.24, 2.45) is 0 Å². The van der Waals surface area contributed by atoms with Crippen LogP contribution in [0.15, 0.2) is 30.3 Å². The molecule has 1 fully saturated rings. The van der Waals surface area contributed by atoms with E-state index in [4.69, 9.17) is 4.74 Å². The molecular weight excluding hydrogens is 266 g/mol. The zero-order valence-electron chi connectivity index (χ0n) is 12.7. The Hall–Kier alpha value is -1.59. The Morgan fingerprint density at radius 1 is 1.43 bits per heavy atom. The Balaban J connectivity index is 1.73. The summed E-state index contributed by atoms with van der Waals surface area (Å²) in [5, 5.41) is 6.20. The highest BCUT2D eigenvalue weighted by Gasteiger charge is 2.27. The average molecular weight is 291 g/mol. The molecule has 1 saturated heterocycles. The highest BCUT2D eigenvalue weighted by atomic mass is 16.5. The summed E-state index contributed by atoms with van der Waals surface area (Å²) in [6, 6.07) is 9.78. The molecule has 1 heterocycles. The van der Waals surface area contributed by atoms with Gasteiger partial charge in [-0.3, -0.25) is 9.69 Å². The van der Waals surface area contributed by atoms with Crippen molar-refractivity contribution in [1.82, 2.24) is 15.5 Å². The number of rotatable bonds is 7. The normalized spacial score (nSPS) is 19.2. The zero-order valence-corrected chi connectivity index (χ0v) is 12.7. The lowest BCUT2D eigenvalue weighted by Gasteiger charge is -2.35. The van der Waals surface area contributed by atoms with Crippen LogP contribution in [0, 0.1) is 0 Å². The number of amides is 1. The van der Waals surface area contributed by atoms with E-state index in [-0.39, 0.29) is 11.9 Å². The van der Waals surface area contributed by atoms with E-state index in [9.17, 15) is 4.79 Å². The topological polar surface area (TPSA) is 53.6 Å². The van der Waals surface area contributed by atoms with Crippen molar-refractivity contribution in [3.05, 3.63) is 30.3 Å². The largest absolute Gasteiger partial charge is 0.494 e. The van der Waals surface area contributed by atoms with Crippen molar-refractivity contribution in [2.45, 2.75) is 19.4 Å². The fourth-order valence-electron chi connectivity index (χ4n) is 2.54. The summed E-state index contributed by atoms with van der Waals surface area (Å²) in [7, 11) is 0. The minimum Gasteiger partial charge on any atom is -0.494 e. The molecule has 1 aliphatic rings. The van der Waals surface area contributed by atoms with Crippen LogP contribution in [0.25, 0.3) is 0 Å². The van der Waals surface area contributed by atoms with Crippen LogP contribution >= 0.6 is 0 Å². The number of carbonyl (C=O) groups excluding carboxylic acids is 1. The smallest absolute Gasteiger partial charge is 0.238 e. The van der Waals surface area contributed by atoms with E-state index in [0.717, 1.165) is 38.3 Å². The predicted molar refractivity (Wildman–Crippen MR) is 83.5 cm³/mol. The van der Waals surface area contributed by atoms with Gasteiger partial charge in [-0.1, -0.05) is 18.2 Å². The van der Waals surface area contributed by atoms with Crippen molar-refractivity contribution < 1.29 is 9.53 Å². The van der Waals surface area contributed by atoms with Gasteiger partial charge in [-0.25, -0.2) is 0 Å². The minimum absolute atomic E-state index is 0.0598. The summed E-state index contributed by atoms with van der Waals surface area (Å²) in [4.78, 5) is 14.3. The SMILES string of the molecule is CCNC(=O)C1CNCCN1CCCOc1ccccc1. The Labute approximate surface area is 126 Å². The minimum atomic E-state index is -0.0598. The van der Waals surface area contributed by atoms with Crippen molar-refractivity contribution in [2.75, 3.05) is 39.3 Å². The van der Waals surface area contributed by atoms with E-state index in [1.165, 1.54) is 0 Å². The van der Waals surface area contributed by atoms with Gasteiger partial charge in [0.2, 0.25) is 5.91 Å². The molecule has 0 bridgehead atoms. The van der Waals surface area contributed by atoms with Crippen LogP contribution in [-0.4, -0.2) is 56.2 Å². The number of likely N-dealkylation sites (N-methyl/N-ethyl adjacent to an activating group) is 1. The summed E-state index contributed by atoms with van der Waals surface area (Å²) in [6.07, 6.45) is 0.921. The van der Waals surface area contributed by atoms with Crippen LogP contribution < -0.4 is 15.4 Å². The van der Waals surface area contributed by atoms with Crippen molar-refractivity contribution in [1.29, 1.82) is 0 Å². The van der Waals surface area contributed by atoms with Gasteiger partial charge in [0.1, 0.15) is 11.8 Å². The Morgan fingerprint density at radius 3 is 3.00 bits per heavy atom. The van der Waals surface area contributed by atoms with Gasteiger partial charge in [0, 0.05) is 32.7 Å². The summed E-state index contributed by atoms with van der Waals surface area (Å²) in [5.74, 6) is 1.02. The third-order valence-corrected chi connectivity index (χ3v) is 3.61. The number of nitrogens with zero attached hydrogens (tertiary/aromatic N) is 1. The molecule has 0 spiro atoms. The van der Waals surface area contributed by atoms with Gasteiger partial charge in [-0.2, -0.15) is 0 Å². The highest BCUT2D eigenvalue weighted by molar-refractivity contribution is 5.82. The van der Waals surface area contributed by atoms with Crippen molar-refractivity contribution in [3.63, 3.8) is 0 Å². The van der Waals surface area contributed by atoms with E-state index in [1.54, 1.807) is 0 Å². The Kier molecular flexibility index (Phi) is 6.50. The lowest BCUT2D eigenvalue weighted by Crippen LogP contribution is -2.58. The molecule has 1 atom stereocenters. The molecule has 1 unspecified atom stereocenters. The molecule has 1 amide bonds. The summed E-state index contributed by atoms with van der Waals surface area (Å²) < 4.78 is 5.70. The Bertz CT molecular complexity index is 425. The van der Waals surface area contributed by atoms with Crippen LogP contribution in [0.2, 0.25) is 0 Å². The molecule has 5 nitrogen and oxygen atoms in total. The molecule has 0 radical (unpaired) electrons. The van der Waals surface area contributed by atoms with E-state index in [1.807, 2.05) is 37.3 Å². The number of piperazine rings is 1. The lowest BCUT2D eigenvalue weighted by molar-refractivity contribution is -0.127. The third-order valence-electron chi connectivity index (χ3n) is 3.61. The van der Waals surface area contributed by atoms with Gasteiger partial charge in [0.15, 0.2) is 0 Å². The predicted octanol–water partition coefficient (Wildman–Crippen LogP) is 0.865. The lowest BCUT2D eigenvalue weighted by atomic mass is 10.1. The molecule has 21 heavy (non-hydrogen) atoms. The summed E-state index contributed by atoms with van der Waals surface area (Å²) in [6.45, 7) is 6.77. The van der Waals surface area contributed by atoms with E-state index >= 15 is 0 Å². The molecule has 0 aromatic heterocycles. The maximum atomic E-state index is 12.0. The van der Waals surface area contributed by atoms with Crippen LogP contribution in [0.3, 0.4) is 0 Å². The first-order chi connectivity index (χ1) is 10.3. The average Bonchev–Trinajstić information content (AvgIpc) is 2.53. The molecule has 0 aliphatic carbocycles. The van der Waals surface area contributed by atoms with Gasteiger partial charge < -0.3 is 15.4 Å². The third kappa shape index (κ3) is 5.02. The highest BCUT2D eigenvalue weighted by Crippen LogP contribution is 2.09. The monoisotopic (exact) mass is 291 g/mol. The van der Waals surface area contributed by atoms with Gasteiger partial charge in [-0.15, -0.1) is 0 Å². The van der Waals surface area contributed by atoms with Gasteiger partial charge in [0.05, 0.1) is 6.61 Å². The van der Waals surface area contributed by atoms with Gasteiger partial charge in [0.25, 0.3) is 0 Å². The van der Waals surface area contributed by atoms with Gasteiger partial charge >= 0.3 is 0 Å². The van der Waals surface area contributed by atoms with Crippen LogP contribution in [0.4, 0.5) is 0 Å². The first kappa shape index (κ1) is 15.8. The van der Waals surface area contributed by atoms with Crippen LogP contribution in [0.1, 0.15) is 13.3 Å². The molecule has 2 N–H and O–H groups in total. The van der Waals surface area contributed by atoms with E-state index < -0.39 is 0 Å². The maximum absolute atomic E-state index is 12.0. The maximum Gasteiger partial charge on any atom is 0.238 e. The number of hydrogen-bond donors (Lipinski definition) is 2. The van der Waals surface area contributed by atoms with Crippen LogP contribution in [0.5, 0.6) is 5.75 Å². The molecule has 5 heteroatoms. The number of nitrogens with one attached hydrogen (secondary N) is 2. The van der Waals surface area contributed by atoms with E-state index in [2.05, 4.69) is 15.5 Å². The fourth-order valence-corrected chi connectivity index (χ4v) is 2.54. The standard InChI is InChI=1S/C16H25N3O2/c1-2-18-16(20)15-13-17-9-11-19(15)10-6-12-21-14-7-4-3-5-8-14/h3-5,7-8,15,17H,2,6,9-13H2,1H3,(H,18,20). The summed E-state index contributed by atoms with van der Waals surface area (Å²) >= 11 is 0. The number of hydrogen-bond acceptors (Lipinski definition) is 4. The first-order valence-electron chi connectivity index (χ1n) is 7.71. The number of benzene rings is 1. The molecular formula is C16H25N3O2. The second-order valence-corrected chi connectivity index (χ2v) is 5.17. The summed E-state index contributed by atoms with van der Waals surface area (Å²) in [5.41, 5.74) is 0. The Morgan fingerprint density at radius 2 is 2.24 bits per heavy atom. The number of para-hydroxylation sites is 1. The molecule has 2 rings (SSSR count). The van der Waals surface area contributed by atoms with Crippen molar-refractivity contribution in [3.8, 4) is 5.75 Å². The second kappa shape index (κ2) is 8.64. The van der Waals surface area contributed by atoms with E-state index in [0.29, 0.717) is 13.2 Å². The molecule has 1 aliphatic heterocycles. The van der Waals surface area contributed by atoms with Gasteiger partial charge in [-0.05, 0) is 25.5 Å². The van der Waals surface area contributed by atoms with Crippen LogP contribution in [-0.2, 0) is 4.79 Å². The number of ether oxygens (including phenoxy) is 1. The second-order valence-electron chi connectivity index (χ2n) is 5.17. The quantitative estimate of drug-likeness (QED) is 0.732. The fraction of sp³-hybridized carbons (Fsp3) is 0.562. The first-order valence-corrected chi connectivity index (χ1v) is 7.71.